The number of amides is 1. The van der Waals surface area contributed by atoms with Gasteiger partial charge in [-0.15, -0.1) is 0 Å². The van der Waals surface area contributed by atoms with Crippen LogP contribution in [0.3, 0.4) is 0 Å². The van der Waals surface area contributed by atoms with E-state index in [2.05, 4.69) is 4.99 Å². The van der Waals surface area contributed by atoms with E-state index in [-0.39, 0.29) is 11.8 Å². The van der Waals surface area contributed by atoms with Crippen molar-refractivity contribution < 1.29 is 4.79 Å². The molecule has 0 spiro atoms. The highest BCUT2D eigenvalue weighted by Crippen LogP contribution is 2.71. The van der Waals surface area contributed by atoms with E-state index in [0.717, 1.165) is 0 Å². The third-order valence-corrected chi connectivity index (χ3v) is 3.15. The van der Waals surface area contributed by atoms with Crippen molar-refractivity contribution in [2.45, 2.75) is 6.92 Å². The molecule has 0 unspecified atom stereocenters. The smallest absolute Gasteiger partial charge is 0.270 e. The number of amidine groups is 1. The van der Waals surface area contributed by atoms with Crippen LogP contribution in [0.15, 0.2) is 4.99 Å². The Balaban J connectivity index is 2.66. The molecule has 1 aliphatic heterocycles. The van der Waals surface area contributed by atoms with Crippen LogP contribution >= 0.6 is 0 Å². The maximum Gasteiger partial charge on any atom is 0.270 e. The first-order valence-corrected chi connectivity index (χ1v) is 3.79. The number of aliphatic imine (C=N–C) groups is 1. The van der Waals surface area contributed by atoms with Gasteiger partial charge in [0, 0.05) is 5.92 Å². The molecule has 1 aliphatic carbocycles. The molecule has 0 aromatic rings. The standard InChI is InChI=1S/C8H6N4O/c1-4-7(2-9)5(11)12-6(13)8(4,7)3-10/h4H,1H3,(H2,11,12,13)/t4-,7+,8-/m1/s1. The zero-order valence-corrected chi connectivity index (χ0v) is 6.90. The van der Waals surface area contributed by atoms with E-state index < -0.39 is 16.7 Å². The van der Waals surface area contributed by atoms with Crippen molar-refractivity contribution in [1.29, 1.82) is 10.5 Å². The van der Waals surface area contributed by atoms with Gasteiger partial charge in [0.1, 0.15) is 11.3 Å². The summed E-state index contributed by atoms with van der Waals surface area (Å²) in [5.74, 6) is -0.907. The Morgan fingerprint density at radius 2 is 2.00 bits per heavy atom. The van der Waals surface area contributed by atoms with Crippen LogP contribution in [0.4, 0.5) is 0 Å². The van der Waals surface area contributed by atoms with Gasteiger partial charge in [0.2, 0.25) is 0 Å². The Kier molecular flexibility index (Phi) is 1.03. The summed E-state index contributed by atoms with van der Waals surface area (Å²) in [4.78, 5) is 14.8. The summed E-state index contributed by atoms with van der Waals surface area (Å²) in [6.07, 6.45) is 0. The second kappa shape index (κ2) is 1.72. The molecule has 1 saturated carbocycles. The van der Waals surface area contributed by atoms with Gasteiger partial charge in [-0.2, -0.15) is 15.5 Å². The number of nitrogens with two attached hydrogens (primary N) is 1. The van der Waals surface area contributed by atoms with Gasteiger partial charge in [-0.3, -0.25) is 4.79 Å². The largest absolute Gasteiger partial charge is 0.386 e. The van der Waals surface area contributed by atoms with Crippen LogP contribution in [0.2, 0.25) is 0 Å². The maximum atomic E-state index is 11.3. The topological polar surface area (TPSA) is 103 Å². The van der Waals surface area contributed by atoms with Gasteiger partial charge < -0.3 is 5.73 Å². The molecule has 1 amide bonds. The van der Waals surface area contributed by atoms with Crippen molar-refractivity contribution in [3.8, 4) is 12.1 Å². The minimum absolute atomic E-state index is 0.00551. The maximum absolute atomic E-state index is 11.3. The molecule has 1 heterocycles. The second-order valence-corrected chi connectivity index (χ2v) is 3.36. The predicted octanol–water partition coefficient (Wildman–Crippen LogP) is -0.447. The molecule has 0 radical (unpaired) electrons. The number of nitriles is 2. The average molecular weight is 174 g/mol. The van der Waals surface area contributed by atoms with Gasteiger partial charge in [-0.05, 0) is 0 Å². The Morgan fingerprint density at radius 1 is 1.46 bits per heavy atom. The Bertz CT molecular complexity index is 426. The fraction of sp³-hybridized carbons (Fsp3) is 0.500. The third kappa shape index (κ3) is 0.436. The van der Waals surface area contributed by atoms with Crippen molar-refractivity contribution in [3.05, 3.63) is 0 Å². The lowest BCUT2D eigenvalue weighted by Gasteiger charge is -1.99. The Hall–Kier alpha value is -1.88. The number of carbonyl (C=O) groups excluding carboxylic acids is 1. The van der Waals surface area contributed by atoms with Gasteiger partial charge in [-0.25, -0.2) is 0 Å². The summed E-state index contributed by atoms with van der Waals surface area (Å²) < 4.78 is 0. The zero-order chi connectivity index (χ0) is 9.85. The van der Waals surface area contributed by atoms with Crippen LogP contribution in [-0.4, -0.2) is 11.7 Å². The number of rotatable bonds is 0. The molecule has 1 fully saturated rings. The first-order chi connectivity index (χ1) is 6.07. The minimum atomic E-state index is -1.29. The number of hydrogen-bond donors (Lipinski definition) is 1. The lowest BCUT2D eigenvalue weighted by molar-refractivity contribution is -0.121. The molecule has 3 atom stereocenters. The first-order valence-electron chi connectivity index (χ1n) is 3.79. The number of carbonyl (C=O) groups is 1. The molecule has 0 aromatic carbocycles. The summed E-state index contributed by atoms with van der Waals surface area (Å²) in [6, 6.07) is 3.81. The van der Waals surface area contributed by atoms with E-state index in [9.17, 15) is 4.79 Å². The van der Waals surface area contributed by atoms with Gasteiger partial charge in [-0.1, -0.05) is 6.92 Å². The van der Waals surface area contributed by atoms with Gasteiger partial charge in [0.25, 0.3) is 5.91 Å². The molecule has 64 valence electrons. The lowest BCUT2D eigenvalue weighted by atomic mass is 9.97. The summed E-state index contributed by atoms with van der Waals surface area (Å²) in [5.41, 5.74) is 3.04. The molecule has 0 saturated heterocycles. The third-order valence-electron chi connectivity index (χ3n) is 3.15. The van der Waals surface area contributed by atoms with Crippen LogP contribution < -0.4 is 5.73 Å². The van der Waals surface area contributed by atoms with Crippen LogP contribution in [0.5, 0.6) is 0 Å². The van der Waals surface area contributed by atoms with E-state index >= 15 is 0 Å². The summed E-state index contributed by atoms with van der Waals surface area (Å²) in [6.45, 7) is 1.67. The molecule has 2 aliphatic rings. The molecular weight excluding hydrogens is 168 g/mol. The van der Waals surface area contributed by atoms with Crippen LogP contribution in [0.1, 0.15) is 6.92 Å². The van der Waals surface area contributed by atoms with E-state index in [4.69, 9.17) is 16.3 Å². The summed E-state index contributed by atoms with van der Waals surface area (Å²) >= 11 is 0. The fourth-order valence-electron chi connectivity index (χ4n) is 2.20. The highest BCUT2D eigenvalue weighted by atomic mass is 16.2. The average Bonchev–Trinajstić information content (AvgIpc) is 2.56. The van der Waals surface area contributed by atoms with Crippen LogP contribution in [0, 0.1) is 39.4 Å². The molecule has 2 N–H and O–H groups in total. The monoisotopic (exact) mass is 174 g/mol. The first kappa shape index (κ1) is 7.75. The van der Waals surface area contributed by atoms with E-state index in [1.807, 2.05) is 12.1 Å². The summed E-state index contributed by atoms with van der Waals surface area (Å²) in [7, 11) is 0. The molecule has 5 nitrogen and oxygen atoms in total. The molecule has 0 aromatic heterocycles. The van der Waals surface area contributed by atoms with E-state index in [1.54, 1.807) is 6.92 Å². The highest BCUT2D eigenvalue weighted by molar-refractivity contribution is 6.16. The van der Waals surface area contributed by atoms with Gasteiger partial charge >= 0.3 is 0 Å². The Labute approximate surface area is 74.5 Å². The quantitative estimate of drug-likeness (QED) is 0.537. The van der Waals surface area contributed by atoms with Crippen molar-refractivity contribution in [2.75, 3.05) is 0 Å². The zero-order valence-electron chi connectivity index (χ0n) is 6.90. The van der Waals surface area contributed by atoms with Crippen molar-refractivity contribution >= 4 is 11.7 Å². The van der Waals surface area contributed by atoms with Crippen molar-refractivity contribution in [1.82, 2.24) is 0 Å². The predicted molar refractivity (Wildman–Crippen MR) is 41.9 cm³/mol. The van der Waals surface area contributed by atoms with Crippen LogP contribution in [0.25, 0.3) is 0 Å². The van der Waals surface area contributed by atoms with E-state index in [1.165, 1.54) is 0 Å². The van der Waals surface area contributed by atoms with E-state index in [0.29, 0.717) is 0 Å². The number of nitrogens with zero attached hydrogens (tertiary/aromatic N) is 3. The minimum Gasteiger partial charge on any atom is -0.386 e. The van der Waals surface area contributed by atoms with Crippen LogP contribution in [-0.2, 0) is 4.79 Å². The summed E-state index contributed by atoms with van der Waals surface area (Å²) in [5, 5.41) is 17.8. The van der Waals surface area contributed by atoms with Gasteiger partial charge in [0.05, 0.1) is 12.1 Å². The molecule has 2 rings (SSSR count). The van der Waals surface area contributed by atoms with Crippen molar-refractivity contribution in [2.24, 2.45) is 27.5 Å². The lowest BCUT2D eigenvalue weighted by Crippen LogP contribution is -2.25. The van der Waals surface area contributed by atoms with Crippen molar-refractivity contribution in [3.63, 3.8) is 0 Å². The molecule has 13 heavy (non-hydrogen) atoms. The molecule has 5 heteroatoms. The number of hydrogen-bond acceptors (Lipinski definition) is 4. The molecular formula is C8H6N4O. The Morgan fingerprint density at radius 3 is 2.31 bits per heavy atom. The van der Waals surface area contributed by atoms with Gasteiger partial charge in [0.15, 0.2) is 5.41 Å². The second-order valence-electron chi connectivity index (χ2n) is 3.36. The highest BCUT2D eigenvalue weighted by Gasteiger charge is 2.86. The fourth-order valence-corrected chi connectivity index (χ4v) is 2.20. The number of fused-ring (bicyclic) bond motifs is 1. The molecule has 0 bridgehead atoms. The SMILES string of the molecule is C[C@H]1[C@]2(C#N)C(=O)N=C(N)[C@]12C#N. The normalized spacial score (nSPS) is 45.9.